The van der Waals surface area contributed by atoms with Crippen LogP contribution in [0.15, 0.2) is 60.2 Å². The predicted octanol–water partition coefficient (Wildman–Crippen LogP) is 5.72. The summed E-state index contributed by atoms with van der Waals surface area (Å²) >= 11 is 1.28. The summed E-state index contributed by atoms with van der Waals surface area (Å²) in [6.07, 6.45) is 3.90. The average molecular weight is 450 g/mol. The lowest BCUT2D eigenvalue weighted by atomic mass is 9.78. The molecular formula is C24H24FN5OS. The van der Waals surface area contributed by atoms with Gasteiger partial charge in [0.05, 0.1) is 22.8 Å². The van der Waals surface area contributed by atoms with Crippen LogP contribution in [0.4, 0.5) is 9.52 Å². The van der Waals surface area contributed by atoms with Crippen LogP contribution in [-0.4, -0.2) is 25.9 Å². The van der Waals surface area contributed by atoms with Crippen LogP contribution in [-0.2, 0) is 4.79 Å². The normalized spacial score (nSPS) is 12.5. The Hall–Kier alpha value is -3.39. The van der Waals surface area contributed by atoms with E-state index in [2.05, 4.69) is 40.5 Å². The van der Waals surface area contributed by atoms with Gasteiger partial charge in [0.2, 0.25) is 11.0 Å². The molecule has 0 saturated heterocycles. The van der Waals surface area contributed by atoms with Crippen LogP contribution in [0.5, 0.6) is 0 Å². The molecule has 8 heteroatoms. The standard InChI is InChI=1S/C24H24FN5OS/c1-15(2)11-20(24(3,4)22(31)28-23-29-26-14-32-23)16-5-10-21-17(12-16)13-27-30(21)19-8-6-18(25)7-9-19/h5-15H,1-4H3,(H,28,29,31). The molecule has 2 aromatic heterocycles. The molecule has 0 bridgehead atoms. The van der Waals surface area contributed by atoms with Crippen molar-refractivity contribution in [1.29, 1.82) is 0 Å². The summed E-state index contributed by atoms with van der Waals surface area (Å²) in [6.45, 7) is 7.99. The molecule has 164 valence electrons. The minimum absolute atomic E-state index is 0.150. The Morgan fingerprint density at radius 3 is 2.59 bits per heavy atom. The first-order valence-electron chi connectivity index (χ1n) is 10.3. The molecule has 4 aromatic rings. The maximum atomic E-state index is 13.3. The molecule has 4 rings (SSSR count). The molecule has 1 amide bonds. The van der Waals surface area contributed by atoms with Gasteiger partial charge in [-0.15, -0.1) is 10.2 Å². The summed E-state index contributed by atoms with van der Waals surface area (Å²) in [6, 6.07) is 12.2. The van der Waals surface area contributed by atoms with Crippen molar-refractivity contribution in [2.24, 2.45) is 11.3 Å². The van der Waals surface area contributed by atoms with E-state index >= 15 is 0 Å². The third-order valence-corrected chi connectivity index (χ3v) is 5.88. The molecule has 1 N–H and O–H groups in total. The number of hydrogen-bond donors (Lipinski definition) is 1. The van der Waals surface area contributed by atoms with Gasteiger partial charge in [0.1, 0.15) is 11.3 Å². The first kappa shape index (κ1) is 21.8. The van der Waals surface area contributed by atoms with E-state index in [9.17, 15) is 9.18 Å². The highest BCUT2D eigenvalue weighted by atomic mass is 32.1. The summed E-state index contributed by atoms with van der Waals surface area (Å²) < 4.78 is 15.1. The fourth-order valence-corrected chi connectivity index (χ4v) is 4.03. The van der Waals surface area contributed by atoms with E-state index in [-0.39, 0.29) is 17.6 Å². The topological polar surface area (TPSA) is 72.7 Å². The third kappa shape index (κ3) is 4.31. The van der Waals surface area contributed by atoms with Crippen molar-refractivity contribution in [2.45, 2.75) is 27.7 Å². The van der Waals surface area contributed by atoms with Crippen molar-refractivity contribution in [1.82, 2.24) is 20.0 Å². The number of nitrogens with zero attached hydrogens (tertiary/aromatic N) is 4. The average Bonchev–Trinajstić information content (AvgIpc) is 3.41. The van der Waals surface area contributed by atoms with Crippen LogP contribution in [0.3, 0.4) is 0 Å². The van der Waals surface area contributed by atoms with Crippen molar-refractivity contribution >= 4 is 38.9 Å². The van der Waals surface area contributed by atoms with Crippen LogP contribution in [0.2, 0.25) is 0 Å². The number of allylic oxidation sites excluding steroid dienone is 1. The maximum absolute atomic E-state index is 13.3. The Balaban J connectivity index is 1.73. The highest BCUT2D eigenvalue weighted by Gasteiger charge is 2.34. The Bertz CT molecular complexity index is 1270. The molecule has 0 radical (unpaired) electrons. The van der Waals surface area contributed by atoms with Gasteiger partial charge in [-0.2, -0.15) is 5.10 Å². The van der Waals surface area contributed by atoms with Gasteiger partial charge in [-0.3, -0.25) is 10.1 Å². The van der Waals surface area contributed by atoms with Crippen molar-refractivity contribution < 1.29 is 9.18 Å². The lowest BCUT2D eigenvalue weighted by molar-refractivity contribution is -0.121. The van der Waals surface area contributed by atoms with Gasteiger partial charge < -0.3 is 0 Å². The molecule has 0 fully saturated rings. The molecule has 0 aliphatic rings. The van der Waals surface area contributed by atoms with Crippen molar-refractivity contribution in [3.8, 4) is 5.69 Å². The number of fused-ring (bicyclic) bond motifs is 1. The molecule has 6 nitrogen and oxygen atoms in total. The summed E-state index contributed by atoms with van der Waals surface area (Å²) in [4.78, 5) is 13.1. The van der Waals surface area contributed by atoms with E-state index in [0.29, 0.717) is 5.13 Å². The van der Waals surface area contributed by atoms with Gasteiger partial charge in [-0.05, 0) is 67.3 Å². The van der Waals surface area contributed by atoms with Gasteiger partial charge in [0.15, 0.2) is 0 Å². The Kier molecular flexibility index (Phi) is 5.88. The highest BCUT2D eigenvalue weighted by molar-refractivity contribution is 7.13. The number of halogens is 1. The van der Waals surface area contributed by atoms with Gasteiger partial charge in [-0.1, -0.05) is 37.3 Å². The predicted molar refractivity (Wildman–Crippen MR) is 126 cm³/mol. The second-order valence-corrected chi connectivity index (χ2v) is 9.29. The van der Waals surface area contributed by atoms with E-state index in [1.807, 2.05) is 32.0 Å². The molecule has 2 aromatic carbocycles. The van der Waals surface area contributed by atoms with Crippen LogP contribution >= 0.6 is 11.3 Å². The van der Waals surface area contributed by atoms with E-state index in [0.717, 1.165) is 27.7 Å². The zero-order chi connectivity index (χ0) is 22.9. The number of rotatable bonds is 6. The number of hydrogen-bond acceptors (Lipinski definition) is 5. The van der Waals surface area contributed by atoms with Crippen LogP contribution in [0.1, 0.15) is 33.3 Å². The van der Waals surface area contributed by atoms with Crippen LogP contribution in [0.25, 0.3) is 22.2 Å². The smallest absolute Gasteiger partial charge is 0.236 e. The summed E-state index contributed by atoms with van der Waals surface area (Å²) in [5.74, 6) is -0.190. The SMILES string of the molecule is CC(C)C=C(c1ccc2c(cnn2-c2ccc(F)cc2)c1)C(C)(C)C(=O)Nc1nncs1. The van der Waals surface area contributed by atoms with Crippen molar-refractivity contribution in [3.05, 3.63) is 71.6 Å². The fourth-order valence-electron chi connectivity index (χ4n) is 3.59. The van der Waals surface area contributed by atoms with Crippen LogP contribution in [0, 0.1) is 17.2 Å². The Morgan fingerprint density at radius 1 is 1.19 bits per heavy atom. The van der Waals surface area contributed by atoms with E-state index in [1.165, 1.54) is 23.5 Å². The number of anilines is 1. The first-order chi connectivity index (χ1) is 15.3. The molecule has 0 aliphatic heterocycles. The second kappa shape index (κ2) is 8.63. The lowest BCUT2D eigenvalue weighted by Crippen LogP contribution is -2.32. The molecule has 0 unspecified atom stereocenters. The minimum Gasteiger partial charge on any atom is -0.300 e. The Labute approximate surface area is 189 Å². The number of benzene rings is 2. The minimum atomic E-state index is -0.809. The molecule has 32 heavy (non-hydrogen) atoms. The van der Waals surface area contributed by atoms with Gasteiger partial charge in [0.25, 0.3) is 0 Å². The molecule has 0 spiro atoms. The largest absolute Gasteiger partial charge is 0.300 e. The lowest BCUT2D eigenvalue weighted by Gasteiger charge is -2.28. The monoisotopic (exact) mass is 449 g/mol. The van der Waals surface area contributed by atoms with E-state index in [4.69, 9.17) is 0 Å². The first-order valence-corrected chi connectivity index (χ1v) is 11.2. The van der Waals surface area contributed by atoms with E-state index in [1.54, 1.807) is 28.5 Å². The number of nitrogens with one attached hydrogen (secondary N) is 1. The van der Waals surface area contributed by atoms with Crippen molar-refractivity contribution in [3.63, 3.8) is 0 Å². The number of amides is 1. The molecule has 0 aliphatic carbocycles. The summed E-state index contributed by atoms with van der Waals surface area (Å²) in [5, 5.41) is 16.5. The highest BCUT2D eigenvalue weighted by Crippen LogP contribution is 2.38. The Morgan fingerprint density at radius 2 is 1.94 bits per heavy atom. The molecule has 2 heterocycles. The van der Waals surface area contributed by atoms with E-state index < -0.39 is 5.41 Å². The molecule has 0 saturated carbocycles. The quantitative estimate of drug-likeness (QED) is 0.409. The zero-order valence-corrected chi connectivity index (χ0v) is 19.2. The zero-order valence-electron chi connectivity index (χ0n) is 18.3. The summed E-state index contributed by atoms with van der Waals surface area (Å²) in [7, 11) is 0. The molecule has 0 atom stereocenters. The maximum Gasteiger partial charge on any atom is 0.236 e. The number of carbonyl (C=O) groups is 1. The van der Waals surface area contributed by atoms with Gasteiger partial charge in [-0.25, -0.2) is 9.07 Å². The third-order valence-electron chi connectivity index (χ3n) is 5.27. The fraction of sp³-hybridized carbons (Fsp3) is 0.250. The molecular weight excluding hydrogens is 425 g/mol. The van der Waals surface area contributed by atoms with Crippen LogP contribution < -0.4 is 5.32 Å². The second-order valence-electron chi connectivity index (χ2n) is 8.45. The number of carbonyl (C=O) groups excluding carboxylic acids is 1. The van der Waals surface area contributed by atoms with Gasteiger partial charge >= 0.3 is 0 Å². The number of aromatic nitrogens is 4. The van der Waals surface area contributed by atoms with Crippen molar-refractivity contribution in [2.75, 3.05) is 5.32 Å². The van der Waals surface area contributed by atoms with Gasteiger partial charge in [0, 0.05) is 5.39 Å². The summed E-state index contributed by atoms with van der Waals surface area (Å²) in [5.41, 5.74) is 4.33.